The minimum absolute atomic E-state index is 0.452. The Morgan fingerprint density at radius 2 is 2.21 bits per heavy atom. The molecule has 0 radical (unpaired) electrons. The van der Waals surface area contributed by atoms with Crippen molar-refractivity contribution in [1.82, 2.24) is 10.3 Å². The summed E-state index contributed by atoms with van der Waals surface area (Å²) in [4.78, 5) is 3.90. The van der Waals surface area contributed by atoms with Crippen LogP contribution in [-0.2, 0) is 0 Å². The molecule has 0 aromatic carbocycles. The highest BCUT2D eigenvalue weighted by Gasteiger charge is 2.03. The topological polar surface area (TPSA) is 48.8 Å². The van der Waals surface area contributed by atoms with E-state index < -0.39 is 0 Å². The quantitative estimate of drug-likeness (QED) is 0.810. The van der Waals surface area contributed by atoms with Gasteiger partial charge in [0.1, 0.15) is 0 Å². The number of hydrogen-bond donors (Lipinski definition) is 2. The molecular weight excluding hydrogens is 242 g/mol. The van der Waals surface area contributed by atoms with E-state index in [1.54, 1.807) is 18.6 Å². The van der Waals surface area contributed by atoms with E-state index in [0.717, 1.165) is 16.6 Å². The van der Waals surface area contributed by atoms with Gasteiger partial charge in [0, 0.05) is 30.7 Å². The van der Waals surface area contributed by atoms with E-state index in [1.165, 1.54) is 0 Å². The molecule has 74 valence electrons. The molecule has 0 aliphatic heterocycles. The normalized spacial score (nSPS) is 11.1. The van der Waals surface area contributed by atoms with E-state index in [2.05, 4.69) is 26.2 Å². The van der Waals surface area contributed by atoms with Gasteiger partial charge in [-0.3, -0.25) is 10.4 Å². The lowest BCUT2D eigenvalue weighted by Gasteiger charge is -2.02. The number of pyridine rings is 1. The van der Waals surface area contributed by atoms with Gasteiger partial charge in [-0.2, -0.15) is 0 Å². The van der Waals surface area contributed by atoms with Crippen LogP contribution >= 0.6 is 15.9 Å². The van der Waals surface area contributed by atoms with E-state index in [0.29, 0.717) is 5.71 Å². The van der Waals surface area contributed by atoms with Gasteiger partial charge in [0.15, 0.2) is 0 Å². The Hall–Kier alpha value is -1.16. The number of nitrogens with one attached hydrogen (secondary N) is 2. The maximum Gasteiger partial charge on any atom is 0.0769 e. The number of nitrogens with zero attached hydrogens (tertiary/aromatic N) is 1. The van der Waals surface area contributed by atoms with Gasteiger partial charge in [-0.1, -0.05) is 0 Å². The van der Waals surface area contributed by atoms with Crippen molar-refractivity contribution in [2.75, 3.05) is 6.54 Å². The number of halogens is 1. The van der Waals surface area contributed by atoms with Gasteiger partial charge >= 0.3 is 0 Å². The summed E-state index contributed by atoms with van der Waals surface area (Å²) in [5, 5.41) is 10.9. The first-order valence-corrected chi connectivity index (χ1v) is 5.13. The molecule has 0 bridgehead atoms. The summed E-state index contributed by atoms with van der Waals surface area (Å²) in [5.74, 6) is 0. The highest BCUT2D eigenvalue weighted by molar-refractivity contribution is 9.12. The lowest BCUT2D eigenvalue weighted by Crippen LogP contribution is -2.07. The predicted octanol–water partition coefficient (Wildman–Crippen LogP) is 2.30. The van der Waals surface area contributed by atoms with Crippen LogP contribution in [0, 0.1) is 5.41 Å². The molecule has 0 aliphatic carbocycles. The first-order chi connectivity index (χ1) is 6.75. The van der Waals surface area contributed by atoms with Crippen molar-refractivity contribution in [2.24, 2.45) is 0 Å². The van der Waals surface area contributed by atoms with Crippen LogP contribution < -0.4 is 5.32 Å². The Labute approximate surface area is 91.9 Å². The highest BCUT2D eigenvalue weighted by Crippen LogP contribution is 2.12. The number of allylic oxidation sites excluding steroid dienone is 1. The molecule has 0 atom stereocenters. The fraction of sp³-hybridized carbons (Fsp3) is 0.200. The molecule has 14 heavy (non-hydrogen) atoms. The average Bonchev–Trinajstić information content (AvgIpc) is 2.26. The molecular formula is C10H12BrN3. The highest BCUT2D eigenvalue weighted by atomic mass is 79.9. The molecule has 3 nitrogen and oxygen atoms in total. The Balaban J connectivity index is 2.76. The fourth-order valence-corrected chi connectivity index (χ4v) is 1.31. The summed E-state index contributed by atoms with van der Waals surface area (Å²) in [7, 11) is 0. The van der Waals surface area contributed by atoms with E-state index in [4.69, 9.17) is 5.41 Å². The molecule has 1 heterocycles. The minimum Gasteiger partial charge on any atom is -0.390 e. The lowest BCUT2D eigenvalue weighted by molar-refractivity contribution is 0.919. The van der Waals surface area contributed by atoms with Crippen molar-refractivity contribution in [3.8, 4) is 0 Å². The third-order valence-electron chi connectivity index (χ3n) is 1.64. The first-order valence-electron chi connectivity index (χ1n) is 4.34. The van der Waals surface area contributed by atoms with Crippen LogP contribution in [0.15, 0.2) is 35.2 Å². The van der Waals surface area contributed by atoms with E-state index in [1.807, 2.05) is 19.1 Å². The zero-order valence-corrected chi connectivity index (χ0v) is 9.51. The zero-order valence-electron chi connectivity index (χ0n) is 7.92. The largest absolute Gasteiger partial charge is 0.390 e. The van der Waals surface area contributed by atoms with Crippen LogP contribution in [0.3, 0.4) is 0 Å². The van der Waals surface area contributed by atoms with Gasteiger partial charge in [-0.05, 0) is 35.0 Å². The maximum atomic E-state index is 7.83. The summed E-state index contributed by atoms with van der Waals surface area (Å²) in [6, 6.07) is 3.62. The fourth-order valence-electron chi connectivity index (χ4n) is 0.920. The monoisotopic (exact) mass is 253 g/mol. The number of aromatic nitrogens is 1. The SMILES string of the molecule is CCN/C=C(/Br)C(=N)c1ccncc1. The molecule has 0 spiro atoms. The van der Waals surface area contributed by atoms with E-state index in [-0.39, 0.29) is 0 Å². The van der Waals surface area contributed by atoms with Gasteiger partial charge in [0.2, 0.25) is 0 Å². The maximum absolute atomic E-state index is 7.83. The van der Waals surface area contributed by atoms with Crippen molar-refractivity contribution < 1.29 is 0 Å². The van der Waals surface area contributed by atoms with Gasteiger partial charge in [0.05, 0.1) is 10.2 Å². The second-order valence-electron chi connectivity index (χ2n) is 2.66. The molecule has 0 saturated heterocycles. The lowest BCUT2D eigenvalue weighted by atomic mass is 10.1. The van der Waals surface area contributed by atoms with Gasteiger partial charge in [-0.15, -0.1) is 0 Å². The van der Waals surface area contributed by atoms with Gasteiger partial charge in [0.25, 0.3) is 0 Å². The third-order valence-corrected chi connectivity index (χ3v) is 2.27. The molecule has 0 amide bonds. The molecule has 1 aromatic rings. The molecule has 0 fully saturated rings. The van der Waals surface area contributed by atoms with Crippen LogP contribution in [0.25, 0.3) is 0 Å². The second kappa shape index (κ2) is 5.54. The zero-order chi connectivity index (χ0) is 10.4. The second-order valence-corrected chi connectivity index (χ2v) is 3.52. The average molecular weight is 254 g/mol. The third kappa shape index (κ3) is 2.96. The Kier molecular flexibility index (Phi) is 4.32. The molecule has 0 saturated carbocycles. The Morgan fingerprint density at radius 3 is 2.79 bits per heavy atom. The first kappa shape index (κ1) is 10.9. The predicted molar refractivity (Wildman–Crippen MR) is 61.8 cm³/mol. The van der Waals surface area contributed by atoms with Crippen molar-refractivity contribution >= 4 is 21.6 Å². The summed E-state index contributed by atoms with van der Waals surface area (Å²) in [6.07, 6.45) is 5.14. The van der Waals surface area contributed by atoms with Crippen molar-refractivity contribution in [3.05, 3.63) is 40.8 Å². The smallest absolute Gasteiger partial charge is 0.0769 e. The molecule has 0 aliphatic rings. The summed E-state index contributed by atoms with van der Waals surface area (Å²) < 4.78 is 0.741. The molecule has 4 heteroatoms. The van der Waals surface area contributed by atoms with Crippen LogP contribution in [0.2, 0.25) is 0 Å². The Bertz CT molecular complexity index is 332. The van der Waals surface area contributed by atoms with Gasteiger partial charge < -0.3 is 5.32 Å². The standard InChI is InChI=1S/C10H12BrN3/c1-2-13-7-9(11)10(12)8-3-5-14-6-4-8/h3-7,12-13H,2H2,1H3/b9-7+,12-10?. The Morgan fingerprint density at radius 1 is 1.57 bits per heavy atom. The van der Waals surface area contributed by atoms with E-state index in [9.17, 15) is 0 Å². The van der Waals surface area contributed by atoms with Crippen LogP contribution in [0.5, 0.6) is 0 Å². The summed E-state index contributed by atoms with van der Waals surface area (Å²) >= 11 is 3.33. The number of hydrogen-bond acceptors (Lipinski definition) is 3. The molecule has 1 rings (SSSR count). The van der Waals surface area contributed by atoms with Crippen LogP contribution in [-0.4, -0.2) is 17.2 Å². The minimum atomic E-state index is 0.452. The van der Waals surface area contributed by atoms with Gasteiger partial charge in [-0.25, -0.2) is 0 Å². The summed E-state index contributed by atoms with van der Waals surface area (Å²) in [6.45, 7) is 2.85. The van der Waals surface area contributed by atoms with Crippen LogP contribution in [0.1, 0.15) is 12.5 Å². The molecule has 1 aromatic heterocycles. The van der Waals surface area contributed by atoms with Crippen molar-refractivity contribution in [1.29, 1.82) is 5.41 Å². The van der Waals surface area contributed by atoms with Crippen molar-refractivity contribution in [3.63, 3.8) is 0 Å². The molecule has 0 unspecified atom stereocenters. The van der Waals surface area contributed by atoms with Crippen LogP contribution in [0.4, 0.5) is 0 Å². The van der Waals surface area contributed by atoms with E-state index >= 15 is 0 Å². The summed E-state index contributed by atoms with van der Waals surface area (Å²) in [5.41, 5.74) is 1.30. The molecule has 2 N–H and O–H groups in total. The van der Waals surface area contributed by atoms with Crippen molar-refractivity contribution in [2.45, 2.75) is 6.92 Å². The number of rotatable bonds is 4.